The number of hydrogen-bond acceptors (Lipinski definition) is 6. The van der Waals surface area contributed by atoms with Gasteiger partial charge in [0.25, 0.3) is 0 Å². The number of likely N-dealkylation sites (tertiary alicyclic amines) is 1. The lowest BCUT2D eigenvalue weighted by atomic mass is 10.0. The molecule has 1 aromatic heterocycles. The summed E-state index contributed by atoms with van der Waals surface area (Å²) in [6, 6.07) is 1.11. The van der Waals surface area contributed by atoms with E-state index in [4.69, 9.17) is 0 Å². The number of amides is 1. The van der Waals surface area contributed by atoms with Crippen molar-refractivity contribution >= 4 is 5.91 Å². The van der Waals surface area contributed by atoms with Crippen LogP contribution in [-0.4, -0.2) is 86.1 Å². The van der Waals surface area contributed by atoms with Crippen molar-refractivity contribution in [2.45, 2.75) is 45.3 Å². The van der Waals surface area contributed by atoms with Crippen molar-refractivity contribution < 1.29 is 4.79 Å². The zero-order chi connectivity index (χ0) is 16.7. The number of tetrazole rings is 1. The van der Waals surface area contributed by atoms with E-state index in [2.05, 4.69) is 32.2 Å². The molecular formula is C16H27N7O. The zero-order valence-corrected chi connectivity index (χ0v) is 14.6. The lowest BCUT2D eigenvalue weighted by Gasteiger charge is -2.39. The van der Waals surface area contributed by atoms with Crippen LogP contribution in [0.15, 0.2) is 0 Å². The highest BCUT2D eigenvalue weighted by Gasteiger charge is 2.36. The van der Waals surface area contributed by atoms with Gasteiger partial charge in [0.15, 0.2) is 5.82 Å². The molecule has 0 bridgehead atoms. The van der Waals surface area contributed by atoms with Crippen LogP contribution in [0.4, 0.5) is 0 Å². The fourth-order valence-corrected chi connectivity index (χ4v) is 4.14. The third kappa shape index (κ3) is 3.17. The first-order chi connectivity index (χ1) is 11.6. The van der Waals surface area contributed by atoms with Crippen LogP contribution in [0.1, 0.15) is 38.6 Å². The van der Waals surface area contributed by atoms with Crippen molar-refractivity contribution in [1.82, 2.24) is 34.9 Å². The minimum atomic E-state index is 0.197. The Morgan fingerprint density at radius 3 is 2.58 bits per heavy atom. The lowest BCUT2D eigenvalue weighted by Crippen LogP contribution is -2.53. The molecule has 132 valence electrons. The van der Waals surface area contributed by atoms with Crippen molar-refractivity contribution in [3.05, 3.63) is 5.82 Å². The second-order valence-electron chi connectivity index (χ2n) is 7.55. The van der Waals surface area contributed by atoms with Gasteiger partial charge in [-0.15, -0.1) is 5.10 Å². The van der Waals surface area contributed by atoms with E-state index >= 15 is 0 Å². The van der Waals surface area contributed by atoms with Gasteiger partial charge in [-0.1, -0.05) is 6.92 Å². The average Bonchev–Trinajstić information content (AvgIpc) is 3.20. The first-order valence-electron chi connectivity index (χ1n) is 9.10. The molecule has 8 nitrogen and oxygen atoms in total. The molecule has 2 atom stereocenters. The van der Waals surface area contributed by atoms with E-state index in [9.17, 15) is 4.79 Å². The monoisotopic (exact) mass is 333 g/mol. The van der Waals surface area contributed by atoms with Gasteiger partial charge in [0, 0.05) is 52.2 Å². The van der Waals surface area contributed by atoms with Crippen LogP contribution in [0.5, 0.6) is 0 Å². The molecule has 2 saturated heterocycles. The van der Waals surface area contributed by atoms with Crippen molar-refractivity contribution in [1.29, 1.82) is 0 Å². The van der Waals surface area contributed by atoms with Gasteiger partial charge in [0.05, 0.1) is 12.6 Å². The van der Waals surface area contributed by atoms with Crippen molar-refractivity contribution in [2.24, 2.45) is 5.92 Å². The summed E-state index contributed by atoms with van der Waals surface area (Å²) in [7, 11) is 0. The van der Waals surface area contributed by atoms with Crippen LogP contribution in [0.3, 0.4) is 0 Å². The second kappa shape index (κ2) is 6.40. The predicted molar refractivity (Wildman–Crippen MR) is 88.1 cm³/mol. The predicted octanol–water partition coefficient (Wildman–Crippen LogP) is -0.00760. The molecule has 3 aliphatic rings. The van der Waals surface area contributed by atoms with E-state index in [1.54, 1.807) is 6.92 Å². The van der Waals surface area contributed by atoms with E-state index in [1.165, 1.54) is 12.8 Å². The Hall–Kier alpha value is -1.54. The summed E-state index contributed by atoms with van der Waals surface area (Å²) in [5.74, 6) is 1.84. The van der Waals surface area contributed by atoms with Crippen LogP contribution in [0, 0.1) is 5.92 Å². The Labute approximate surface area is 142 Å². The highest BCUT2D eigenvalue weighted by atomic mass is 16.2. The summed E-state index contributed by atoms with van der Waals surface area (Å²) in [5, 5.41) is 12.3. The van der Waals surface area contributed by atoms with Crippen LogP contribution in [0.2, 0.25) is 0 Å². The number of rotatable bonds is 4. The smallest absolute Gasteiger partial charge is 0.219 e. The molecule has 3 fully saturated rings. The Morgan fingerprint density at radius 2 is 1.92 bits per heavy atom. The molecule has 2 unspecified atom stereocenters. The third-order valence-corrected chi connectivity index (χ3v) is 5.70. The standard InChI is InChI=1S/C16H27N7O/c1-12-9-20(11-16-17-18-19-23(16)14-3-4-14)10-15(12)22-7-5-21(6-8-22)13(2)24/h12,14-15H,3-11H2,1-2H3. The van der Waals surface area contributed by atoms with E-state index in [-0.39, 0.29) is 5.91 Å². The number of nitrogens with zero attached hydrogens (tertiary/aromatic N) is 7. The third-order valence-electron chi connectivity index (χ3n) is 5.70. The Morgan fingerprint density at radius 1 is 1.17 bits per heavy atom. The molecule has 24 heavy (non-hydrogen) atoms. The molecule has 0 aromatic carbocycles. The molecular weight excluding hydrogens is 306 g/mol. The van der Waals surface area contributed by atoms with E-state index in [0.29, 0.717) is 18.0 Å². The normalized spacial score (nSPS) is 29.3. The molecule has 1 amide bonds. The van der Waals surface area contributed by atoms with E-state index in [1.807, 2.05) is 9.58 Å². The maximum absolute atomic E-state index is 11.5. The van der Waals surface area contributed by atoms with Gasteiger partial charge in [-0.2, -0.15) is 0 Å². The van der Waals surface area contributed by atoms with Crippen LogP contribution in [-0.2, 0) is 11.3 Å². The fourth-order valence-electron chi connectivity index (χ4n) is 4.14. The zero-order valence-electron chi connectivity index (χ0n) is 14.6. The molecule has 8 heteroatoms. The number of aromatic nitrogens is 4. The topological polar surface area (TPSA) is 70.4 Å². The summed E-state index contributed by atoms with van der Waals surface area (Å²) in [5.41, 5.74) is 0. The molecule has 0 N–H and O–H groups in total. The minimum Gasteiger partial charge on any atom is -0.340 e. The minimum absolute atomic E-state index is 0.197. The lowest BCUT2D eigenvalue weighted by molar-refractivity contribution is -0.130. The first-order valence-corrected chi connectivity index (χ1v) is 9.10. The number of carbonyl (C=O) groups is 1. The highest BCUT2D eigenvalue weighted by Crippen LogP contribution is 2.35. The molecule has 1 aromatic rings. The summed E-state index contributed by atoms with van der Waals surface area (Å²) < 4.78 is 2.02. The van der Waals surface area contributed by atoms with Crippen LogP contribution in [0.25, 0.3) is 0 Å². The van der Waals surface area contributed by atoms with Gasteiger partial charge < -0.3 is 4.90 Å². The summed E-state index contributed by atoms with van der Waals surface area (Å²) in [4.78, 5) is 18.5. The van der Waals surface area contributed by atoms with Crippen LogP contribution >= 0.6 is 0 Å². The molecule has 0 spiro atoms. The summed E-state index contributed by atoms with van der Waals surface area (Å²) >= 11 is 0. The average molecular weight is 333 g/mol. The maximum atomic E-state index is 11.5. The Balaban J connectivity index is 1.34. The second-order valence-corrected chi connectivity index (χ2v) is 7.55. The van der Waals surface area contributed by atoms with Gasteiger partial charge in [0.2, 0.25) is 5.91 Å². The molecule has 4 rings (SSSR count). The van der Waals surface area contributed by atoms with Crippen molar-refractivity contribution in [3.8, 4) is 0 Å². The maximum Gasteiger partial charge on any atom is 0.219 e. The van der Waals surface area contributed by atoms with Gasteiger partial charge in [-0.05, 0) is 29.2 Å². The van der Waals surface area contributed by atoms with Crippen molar-refractivity contribution in [3.63, 3.8) is 0 Å². The molecule has 1 aliphatic carbocycles. The van der Waals surface area contributed by atoms with Gasteiger partial charge in [-0.25, -0.2) is 4.68 Å². The highest BCUT2D eigenvalue weighted by molar-refractivity contribution is 5.73. The van der Waals surface area contributed by atoms with Gasteiger partial charge in [0.1, 0.15) is 0 Å². The molecule has 2 aliphatic heterocycles. The molecule has 3 heterocycles. The Kier molecular flexibility index (Phi) is 4.26. The number of piperazine rings is 1. The fraction of sp³-hybridized carbons (Fsp3) is 0.875. The van der Waals surface area contributed by atoms with Crippen molar-refractivity contribution in [2.75, 3.05) is 39.3 Å². The largest absolute Gasteiger partial charge is 0.340 e. The summed E-state index contributed by atoms with van der Waals surface area (Å²) in [6.07, 6.45) is 2.41. The quantitative estimate of drug-likeness (QED) is 0.772. The Bertz CT molecular complexity index is 591. The van der Waals surface area contributed by atoms with Gasteiger partial charge in [-0.3, -0.25) is 14.6 Å². The molecule has 0 radical (unpaired) electrons. The SMILES string of the molecule is CC(=O)N1CCN(C2CN(Cc3nnnn3C3CC3)CC2C)CC1. The van der Waals surface area contributed by atoms with Crippen LogP contribution < -0.4 is 0 Å². The molecule has 1 saturated carbocycles. The number of carbonyl (C=O) groups excluding carboxylic acids is 1. The summed E-state index contributed by atoms with van der Waals surface area (Å²) in [6.45, 7) is 10.7. The number of hydrogen-bond donors (Lipinski definition) is 0. The first kappa shape index (κ1) is 16.0. The van der Waals surface area contributed by atoms with E-state index in [0.717, 1.165) is 51.6 Å². The van der Waals surface area contributed by atoms with Gasteiger partial charge >= 0.3 is 0 Å². The van der Waals surface area contributed by atoms with E-state index < -0.39 is 0 Å².